The summed E-state index contributed by atoms with van der Waals surface area (Å²) >= 11 is 0. The second kappa shape index (κ2) is 7.38. The fraction of sp³-hybridized carbons (Fsp3) is 0.0952. The van der Waals surface area contributed by atoms with E-state index >= 15 is 0 Å². The largest absolute Gasteiger partial charge is 0.497 e. The maximum absolute atomic E-state index is 12.7. The first kappa shape index (κ1) is 18.7. The number of alkyl halides is 3. The molecule has 0 saturated carbocycles. The first-order chi connectivity index (χ1) is 13.9. The molecule has 0 radical (unpaired) electrons. The summed E-state index contributed by atoms with van der Waals surface area (Å²) in [5.74, 6) is 1.34. The summed E-state index contributed by atoms with van der Waals surface area (Å²) in [6.07, 6.45) is -2.84. The van der Waals surface area contributed by atoms with Gasteiger partial charge in [0.05, 0.1) is 18.4 Å². The maximum atomic E-state index is 12.7. The van der Waals surface area contributed by atoms with Crippen LogP contribution in [-0.2, 0) is 6.18 Å². The van der Waals surface area contributed by atoms with Gasteiger partial charge in [-0.15, -0.1) is 10.2 Å². The monoisotopic (exact) mass is 397 g/mol. The molecule has 146 valence electrons. The Morgan fingerprint density at radius 1 is 0.793 bits per heavy atom. The highest BCUT2D eigenvalue weighted by molar-refractivity contribution is 5.67. The zero-order chi connectivity index (χ0) is 20.4. The van der Waals surface area contributed by atoms with Crippen LogP contribution in [0.1, 0.15) is 5.56 Å². The Labute approximate surface area is 163 Å². The van der Waals surface area contributed by atoms with Crippen molar-refractivity contribution in [2.45, 2.75) is 6.18 Å². The molecule has 4 aromatic rings. The van der Waals surface area contributed by atoms with Crippen LogP contribution in [0.3, 0.4) is 0 Å². The molecule has 2 heterocycles. The molecule has 0 aliphatic carbocycles. The van der Waals surface area contributed by atoms with E-state index in [1.165, 1.54) is 12.1 Å². The van der Waals surface area contributed by atoms with Gasteiger partial charge in [0.15, 0.2) is 0 Å². The van der Waals surface area contributed by atoms with Crippen LogP contribution in [-0.4, -0.2) is 22.3 Å². The molecule has 0 bridgehead atoms. The number of methoxy groups -OCH3 is 1. The van der Waals surface area contributed by atoms with Gasteiger partial charge in [0.1, 0.15) is 5.75 Å². The topological polar surface area (TPSA) is 61.0 Å². The standard InChI is InChI=1S/C21H14F3N3O2/c1-28-17-8-4-14(5-9-17)19-26-27-20(29-19)15-10-11-25-18(12-15)13-2-6-16(7-3-13)21(22,23)24/h2-12H,1H3. The van der Waals surface area contributed by atoms with E-state index in [9.17, 15) is 13.2 Å². The zero-order valence-electron chi connectivity index (χ0n) is 15.1. The van der Waals surface area contributed by atoms with Crippen molar-refractivity contribution in [2.24, 2.45) is 0 Å². The third-order valence-corrected chi connectivity index (χ3v) is 4.28. The molecule has 2 aromatic heterocycles. The van der Waals surface area contributed by atoms with Gasteiger partial charge >= 0.3 is 6.18 Å². The molecule has 2 aromatic carbocycles. The molecule has 5 nitrogen and oxygen atoms in total. The van der Waals surface area contributed by atoms with Crippen LogP contribution < -0.4 is 4.74 Å². The minimum Gasteiger partial charge on any atom is -0.497 e. The van der Waals surface area contributed by atoms with Gasteiger partial charge in [0.25, 0.3) is 0 Å². The van der Waals surface area contributed by atoms with E-state index in [0.717, 1.165) is 17.7 Å². The lowest BCUT2D eigenvalue weighted by atomic mass is 10.1. The Morgan fingerprint density at radius 3 is 2.03 bits per heavy atom. The number of hydrogen-bond donors (Lipinski definition) is 0. The van der Waals surface area contributed by atoms with Crippen molar-refractivity contribution in [3.05, 3.63) is 72.4 Å². The van der Waals surface area contributed by atoms with Gasteiger partial charge in [-0.05, 0) is 48.5 Å². The van der Waals surface area contributed by atoms with Gasteiger partial charge < -0.3 is 9.15 Å². The van der Waals surface area contributed by atoms with Crippen LogP contribution in [0, 0.1) is 0 Å². The molecule has 8 heteroatoms. The van der Waals surface area contributed by atoms with Crippen molar-refractivity contribution < 1.29 is 22.3 Å². The van der Waals surface area contributed by atoms with E-state index in [1.54, 1.807) is 49.7 Å². The molecule has 0 aliphatic heterocycles. The summed E-state index contributed by atoms with van der Waals surface area (Å²) in [7, 11) is 1.58. The van der Waals surface area contributed by atoms with Crippen LogP contribution in [0.4, 0.5) is 13.2 Å². The molecule has 0 atom stereocenters. The van der Waals surface area contributed by atoms with Gasteiger partial charge in [-0.3, -0.25) is 4.98 Å². The second-order valence-electron chi connectivity index (χ2n) is 6.15. The third-order valence-electron chi connectivity index (χ3n) is 4.28. The highest BCUT2D eigenvalue weighted by atomic mass is 19.4. The van der Waals surface area contributed by atoms with Gasteiger partial charge in [-0.25, -0.2) is 0 Å². The molecule has 0 spiro atoms. The van der Waals surface area contributed by atoms with Gasteiger partial charge in [-0.2, -0.15) is 13.2 Å². The normalized spacial score (nSPS) is 11.4. The van der Waals surface area contributed by atoms with Crippen molar-refractivity contribution in [3.8, 4) is 39.9 Å². The predicted molar refractivity (Wildman–Crippen MR) is 100.0 cm³/mol. The Balaban J connectivity index is 1.61. The molecule has 0 aliphatic rings. The van der Waals surface area contributed by atoms with Crippen molar-refractivity contribution in [3.63, 3.8) is 0 Å². The fourth-order valence-electron chi connectivity index (χ4n) is 2.74. The SMILES string of the molecule is COc1ccc(-c2nnc(-c3ccnc(-c4ccc(C(F)(F)F)cc4)c3)o2)cc1. The Kier molecular flexibility index (Phi) is 4.75. The van der Waals surface area contributed by atoms with Crippen LogP contribution in [0.25, 0.3) is 34.2 Å². The van der Waals surface area contributed by atoms with Gasteiger partial charge in [0, 0.05) is 22.9 Å². The van der Waals surface area contributed by atoms with E-state index < -0.39 is 11.7 Å². The van der Waals surface area contributed by atoms with Crippen molar-refractivity contribution >= 4 is 0 Å². The molecule has 29 heavy (non-hydrogen) atoms. The quantitative estimate of drug-likeness (QED) is 0.456. The van der Waals surface area contributed by atoms with Crippen LogP contribution in [0.15, 0.2) is 71.3 Å². The van der Waals surface area contributed by atoms with Crippen LogP contribution in [0.5, 0.6) is 5.75 Å². The summed E-state index contributed by atoms with van der Waals surface area (Å²) < 4.78 is 49.1. The molecule has 0 N–H and O–H groups in total. The summed E-state index contributed by atoms with van der Waals surface area (Å²) in [6.45, 7) is 0. The van der Waals surface area contributed by atoms with E-state index in [-0.39, 0.29) is 5.89 Å². The van der Waals surface area contributed by atoms with Crippen molar-refractivity contribution in [1.29, 1.82) is 0 Å². The predicted octanol–water partition coefficient (Wildman–Crippen LogP) is 5.49. The maximum Gasteiger partial charge on any atom is 0.416 e. The van der Waals surface area contributed by atoms with Gasteiger partial charge in [-0.1, -0.05) is 12.1 Å². The Hall–Kier alpha value is -3.68. The average Bonchev–Trinajstić information content (AvgIpc) is 3.24. The number of aromatic nitrogens is 3. The first-order valence-electron chi connectivity index (χ1n) is 8.56. The lowest BCUT2D eigenvalue weighted by Crippen LogP contribution is -2.04. The highest BCUT2D eigenvalue weighted by Gasteiger charge is 2.30. The zero-order valence-corrected chi connectivity index (χ0v) is 15.1. The number of hydrogen-bond acceptors (Lipinski definition) is 5. The first-order valence-corrected chi connectivity index (χ1v) is 8.56. The number of pyridine rings is 1. The number of benzene rings is 2. The number of nitrogens with zero attached hydrogens (tertiary/aromatic N) is 3. The summed E-state index contributed by atoms with van der Waals surface area (Å²) in [5.41, 5.74) is 1.69. The third kappa shape index (κ3) is 3.96. The Bertz CT molecular complexity index is 1120. The number of rotatable bonds is 4. The van der Waals surface area contributed by atoms with Crippen LogP contribution in [0.2, 0.25) is 0 Å². The smallest absolute Gasteiger partial charge is 0.416 e. The minimum absolute atomic E-state index is 0.284. The molecule has 0 amide bonds. The van der Waals surface area contributed by atoms with E-state index in [0.29, 0.717) is 28.5 Å². The molecule has 0 unspecified atom stereocenters. The van der Waals surface area contributed by atoms with E-state index in [2.05, 4.69) is 15.2 Å². The lowest BCUT2D eigenvalue weighted by molar-refractivity contribution is -0.137. The second-order valence-corrected chi connectivity index (χ2v) is 6.15. The lowest BCUT2D eigenvalue weighted by Gasteiger charge is -2.07. The molecule has 4 rings (SSSR count). The summed E-state index contributed by atoms with van der Waals surface area (Å²) in [6, 6.07) is 15.4. The van der Waals surface area contributed by atoms with Gasteiger partial charge in [0.2, 0.25) is 11.8 Å². The highest BCUT2D eigenvalue weighted by Crippen LogP contribution is 2.32. The number of halogens is 3. The molecule has 0 fully saturated rings. The minimum atomic E-state index is -4.38. The van der Waals surface area contributed by atoms with Crippen molar-refractivity contribution in [2.75, 3.05) is 7.11 Å². The molecule has 0 saturated heterocycles. The molecular formula is C21H14F3N3O2. The van der Waals surface area contributed by atoms with E-state index in [4.69, 9.17) is 9.15 Å². The van der Waals surface area contributed by atoms with Crippen LogP contribution >= 0.6 is 0 Å². The van der Waals surface area contributed by atoms with Crippen molar-refractivity contribution in [1.82, 2.24) is 15.2 Å². The average molecular weight is 397 g/mol. The number of ether oxygens (including phenoxy) is 1. The molecular weight excluding hydrogens is 383 g/mol. The Morgan fingerprint density at radius 2 is 1.41 bits per heavy atom. The summed E-state index contributed by atoms with van der Waals surface area (Å²) in [5, 5.41) is 8.12. The fourth-order valence-corrected chi connectivity index (χ4v) is 2.74. The summed E-state index contributed by atoms with van der Waals surface area (Å²) in [4.78, 5) is 4.23. The van der Waals surface area contributed by atoms with E-state index in [1.807, 2.05) is 0 Å².